The first-order valence-corrected chi connectivity index (χ1v) is 11.2. The number of aliphatic hydroxyl groups excluding tert-OH is 1. The molecule has 3 rings (SSSR count). The van der Waals surface area contributed by atoms with Crippen molar-refractivity contribution in [3.05, 3.63) is 71.8 Å². The van der Waals surface area contributed by atoms with Gasteiger partial charge in [-0.2, -0.15) is 8.42 Å². The summed E-state index contributed by atoms with van der Waals surface area (Å²) >= 11 is 0. The Hall–Kier alpha value is -1.81. The topological polar surface area (TPSA) is 91.3 Å². The fourth-order valence-corrected chi connectivity index (χ4v) is 3.90. The van der Waals surface area contributed by atoms with Gasteiger partial charge in [-0.1, -0.05) is 60.7 Å². The molecular formula is C21H26O7S. The highest BCUT2D eigenvalue weighted by atomic mass is 32.2. The van der Waals surface area contributed by atoms with E-state index in [4.69, 9.17) is 18.4 Å². The van der Waals surface area contributed by atoms with Crippen LogP contribution in [0.15, 0.2) is 60.7 Å². The van der Waals surface area contributed by atoms with E-state index in [0.29, 0.717) is 0 Å². The zero-order valence-electron chi connectivity index (χ0n) is 16.4. The molecule has 0 aliphatic carbocycles. The van der Waals surface area contributed by atoms with Gasteiger partial charge in [0.2, 0.25) is 0 Å². The lowest BCUT2D eigenvalue weighted by Crippen LogP contribution is -2.59. The van der Waals surface area contributed by atoms with Crippen molar-refractivity contribution in [2.24, 2.45) is 0 Å². The number of aliphatic hydroxyl groups is 1. The number of hydrogen-bond donors (Lipinski definition) is 1. The molecule has 5 atom stereocenters. The molecule has 7 nitrogen and oxygen atoms in total. The van der Waals surface area contributed by atoms with E-state index < -0.39 is 40.8 Å². The highest BCUT2D eigenvalue weighted by Gasteiger charge is 2.47. The molecule has 2 aromatic carbocycles. The van der Waals surface area contributed by atoms with Crippen molar-refractivity contribution in [3.8, 4) is 0 Å². The van der Waals surface area contributed by atoms with Crippen molar-refractivity contribution >= 4 is 10.1 Å². The number of benzene rings is 2. The van der Waals surface area contributed by atoms with Gasteiger partial charge in [0, 0.05) is 0 Å². The van der Waals surface area contributed by atoms with Crippen molar-refractivity contribution in [2.75, 3.05) is 6.26 Å². The molecule has 0 spiro atoms. The summed E-state index contributed by atoms with van der Waals surface area (Å²) in [6.07, 6.45) is -3.77. The lowest BCUT2D eigenvalue weighted by molar-refractivity contribution is -0.295. The van der Waals surface area contributed by atoms with E-state index in [9.17, 15) is 13.5 Å². The van der Waals surface area contributed by atoms with Crippen LogP contribution < -0.4 is 0 Å². The number of rotatable bonds is 8. The van der Waals surface area contributed by atoms with Crippen LogP contribution in [0.4, 0.5) is 0 Å². The third kappa shape index (κ3) is 6.33. The van der Waals surface area contributed by atoms with Crippen LogP contribution in [0, 0.1) is 0 Å². The number of hydrogen-bond acceptors (Lipinski definition) is 7. The minimum Gasteiger partial charge on any atom is -0.368 e. The zero-order valence-corrected chi connectivity index (χ0v) is 17.2. The molecule has 1 aliphatic heterocycles. The smallest absolute Gasteiger partial charge is 0.264 e. The Labute approximate surface area is 171 Å². The third-order valence-electron chi connectivity index (χ3n) is 4.60. The lowest BCUT2D eigenvalue weighted by Gasteiger charge is -2.42. The summed E-state index contributed by atoms with van der Waals surface area (Å²) in [4.78, 5) is 0. The maximum Gasteiger partial charge on any atom is 0.264 e. The van der Waals surface area contributed by atoms with Crippen LogP contribution in [0.1, 0.15) is 18.1 Å². The molecular weight excluding hydrogens is 396 g/mol. The van der Waals surface area contributed by atoms with Gasteiger partial charge in [-0.3, -0.25) is 4.18 Å². The van der Waals surface area contributed by atoms with Crippen LogP contribution in [0.2, 0.25) is 0 Å². The van der Waals surface area contributed by atoms with E-state index >= 15 is 0 Å². The van der Waals surface area contributed by atoms with Crippen molar-refractivity contribution in [3.63, 3.8) is 0 Å². The second kappa shape index (κ2) is 9.80. The third-order valence-corrected chi connectivity index (χ3v) is 5.17. The Morgan fingerprint density at radius 1 is 0.862 bits per heavy atom. The Morgan fingerprint density at radius 2 is 1.34 bits per heavy atom. The van der Waals surface area contributed by atoms with E-state index in [0.717, 1.165) is 17.4 Å². The first-order valence-electron chi connectivity index (χ1n) is 9.36. The molecule has 1 saturated heterocycles. The second-order valence-corrected chi connectivity index (χ2v) is 8.62. The summed E-state index contributed by atoms with van der Waals surface area (Å²) in [5, 5.41) is 10.5. The van der Waals surface area contributed by atoms with E-state index in [2.05, 4.69) is 0 Å². The Balaban J connectivity index is 1.80. The summed E-state index contributed by atoms with van der Waals surface area (Å²) in [5.74, 6) is 0. The highest BCUT2D eigenvalue weighted by molar-refractivity contribution is 7.86. The van der Waals surface area contributed by atoms with Crippen LogP contribution in [-0.4, -0.2) is 50.5 Å². The van der Waals surface area contributed by atoms with Crippen LogP contribution in [0.25, 0.3) is 0 Å². The fourth-order valence-electron chi connectivity index (χ4n) is 3.23. The molecule has 1 fully saturated rings. The van der Waals surface area contributed by atoms with Crippen LogP contribution in [0.5, 0.6) is 0 Å². The zero-order chi connectivity index (χ0) is 20.9. The molecule has 158 valence electrons. The van der Waals surface area contributed by atoms with Gasteiger partial charge in [-0.25, -0.2) is 0 Å². The van der Waals surface area contributed by atoms with Crippen molar-refractivity contribution in [1.82, 2.24) is 0 Å². The van der Waals surface area contributed by atoms with Crippen molar-refractivity contribution in [1.29, 1.82) is 0 Å². The Bertz CT molecular complexity index is 857. The summed E-state index contributed by atoms with van der Waals surface area (Å²) in [7, 11) is -3.78. The second-order valence-electron chi connectivity index (χ2n) is 7.02. The SMILES string of the molecule is CC1OC(O)C(OCc2ccccc2)C(OCc2ccccc2)C1OS(C)(=O)=O. The summed E-state index contributed by atoms with van der Waals surface area (Å²) in [6.45, 7) is 2.04. The minimum absolute atomic E-state index is 0.205. The quantitative estimate of drug-likeness (QED) is 0.653. The average Bonchev–Trinajstić information content (AvgIpc) is 2.69. The van der Waals surface area contributed by atoms with Gasteiger partial charge in [-0.15, -0.1) is 0 Å². The molecule has 8 heteroatoms. The summed E-state index contributed by atoms with van der Waals surface area (Å²) < 4.78 is 46.2. The standard InChI is InChI=1S/C21H26O7S/c1-15-18(28-29(2,23)24)19(25-13-16-9-5-3-6-10-16)20(21(22)27-15)26-14-17-11-7-4-8-12-17/h3-12,15,18-22H,13-14H2,1-2H3. The molecule has 0 saturated carbocycles. The maximum atomic E-state index is 11.8. The van der Waals surface area contributed by atoms with Gasteiger partial charge >= 0.3 is 0 Å². The van der Waals surface area contributed by atoms with Crippen LogP contribution in [0.3, 0.4) is 0 Å². The molecule has 0 bridgehead atoms. The predicted molar refractivity (Wildman–Crippen MR) is 106 cm³/mol. The van der Waals surface area contributed by atoms with E-state index in [1.165, 1.54) is 0 Å². The molecule has 0 radical (unpaired) electrons. The number of ether oxygens (including phenoxy) is 3. The van der Waals surface area contributed by atoms with Crippen LogP contribution >= 0.6 is 0 Å². The summed E-state index contributed by atoms with van der Waals surface area (Å²) in [5.41, 5.74) is 1.81. The van der Waals surface area contributed by atoms with Gasteiger partial charge < -0.3 is 19.3 Å². The fraction of sp³-hybridized carbons (Fsp3) is 0.429. The molecule has 5 unspecified atom stereocenters. The van der Waals surface area contributed by atoms with Gasteiger partial charge in [0.1, 0.15) is 18.3 Å². The molecule has 29 heavy (non-hydrogen) atoms. The molecule has 1 heterocycles. The first kappa shape index (κ1) is 21.9. The van der Waals surface area contributed by atoms with E-state index in [1.54, 1.807) is 6.92 Å². The molecule has 0 amide bonds. The average molecular weight is 422 g/mol. The first-order chi connectivity index (χ1) is 13.8. The largest absolute Gasteiger partial charge is 0.368 e. The molecule has 2 aromatic rings. The predicted octanol–water partition coefficient (Wildman–Crippen LogP) is 2.24. The molecule has 1 N–H and O–H groups in total. The van der Waals surface area contributed by atoms with Gasteiger partial charge in [0.25, 0.3) is 10.1 Å². The van der Waals surface area contributed by atoms with Gasteiger partial charge in [0.05, 0.1) is 25.6 Å². The summed E-state index contributed by atoms with van der Waals surface area (Å²) in [6, 6.07) is 18.9. The molecule has 0 aromatic heterocycles. The monoisotopic (exact) mass is 422 g/mol. The highest BCUT2D eigenvalue weighted by Crippen LogP contribution is 2.29. The van der Waals surface area contributed by atoms with E-state index in [1.807, 2.05) is 60.7 Å². The van der Waals surface area contributed by atoms with Crippen LogP contribution in [-0.2, 0) is 41.7 Å². The normalized spacial score (nSPS) is 27.6. The van der Waals surface area contributed by atoms with Gasteiger partial charge in [-0.05, 0) is 18.1 Å². The maximum absolute atomic E-state index is 11.8. The van der Waals surface area contributed by atoms with Crippen molar-refractivity contribution < 1.29 is 31.9 Å². The minimum atomic E-state index is -3.78. The van der Waals surface area contributed by atoms with Gasteiger partial charge in [0.15, 0.2) is 6.29 Å². The molecule has 1 aliphatic rings. The van der Waals surface area contributed by atoms with E-state index in [-0.39, 0.29) is 13.2 Å². The lowest BCUT2D eigenvalue weighted by atomic mass is 9.99. The van der Waals surface area contributed by atoms with Crippen molar-refractivity contribution in [2.45, 2.75) is 50.8 Å². The Morgan fingerprint density at radius 3 is 1.83 bits per heavy atom. The Kier molecular flexibility index (Phi) is 7.39.